The lowest BCUT2D eigenvalue weighted by atomic mass is 9.93. The van der Waals surface area contributed by atoms with Gasteiger partial charge in [0.2, 0.25) is 5.91 Å². The van der Waals surface area contributed by atoms with Crippen molar-refractivity contribution in [2.75, 3.05) is 0 Å². The highest BCUT2D eigenvalue weighted by Crippen LogP contribution is 2.28. The zero-order chi connectivity index (χ0) is 17.4. The van der Waals surface area contributed by atoms with E-state index in [-0.39, 0.29) is 11.9 Å². The number of nitrogens with zero attached hydrogens (tertiary/aromatic N) is 2. The fourth-order valence-electron chi connectivity index (χ4n) is 3.46. The highest BCUT2D eigenvalue weighted by Gasteiger charge is 2.30. The molecule has 0 bridgehead atoms. The summed E-state index contributed by atoms with van der Waals surface area (Å²) < 4.78 is 5.71. The number of rotatable bonds is 4. The maximum absolute atomic E-state index is 12.0. The standard InChI is InChI=1S/C19H20N4O2/c1-12-6-7-17(25-12)18-15(9-21-22-18)11-23-10-14-5-3-2-4-13(14)8-16(23)19(20)24/h2-7,9,16H,8,10-11H2,1H3,(H2,20,24)(H,21,22). The smallest absolute Gasteiger partial charge is 0.235 e. The molecular formula is C19H20N4O2. The molecule has 0 radical (unpaired) electrons. The minimum atomic E-state index is -0.323. The first kappa shape index (κ1) is 15.7. The predicted molar refractivity (Wildman–Crippen MR) is 93.4 cm³/mol. The molecule has 4 rings (SSSR count). The lowest BCUT2D eigenvalue weighted by molar-refractivity contribution is -0.124. The number of fused-ring (bicyclic) bond motifs is 1. The van der Waals surface area contributed by atoms with Crippen LogP contribution in [0.5, 0.6) is 0 Å². The fourth-order valence-corrected chi connectivity index (χ4v) is 3.46. The van der Waals surface area contributed by atoms with Crippen LogP contribution in [-0.2, 0) is 24.3 Å². The Morgan fingerprint density at radius 1 is 1.32 bits per heavy atom. The third-order valence-electron chi connectivity index (χ3n) is 4.75. The van der Waals surface area contributed by atoms with Crippen LogP contribution in [0.1, 0.15) is 22.5 Å². The maximum atomic E-state index is 12.0. The molecule has 1 aliphatic rings. The molecule has 1 aliphatic heterocycles. The number of primary amides is 1. The minimum Gasteiger partial charge on any atom is -0.460 e. The van der Waals surface area contributed by atoms with Crippen LogP contribution in [0.4, 0.5) is 0 Å². The summed E-state index contributed by atoms with van der Waals surface area (Å²) in [6.07, 6.45) is 2.42. The first-order valence-corrected chi connectivity index (χ1v) is 8.31. The lowest BCUT2D eigenvalue weighted by Crippen LogP contribution is -2.48. The maximum Gasteiger partial charge on any atom is 0.235 e. The highest BCUT2D eigenvalue weighted by molar-refractivity contribution is 5.80. The van der Waals surface area contributed by atoms with E-state index in [9.17, 15) is 4.79 Å². The van der Waals surface area contributed by atoms with E-state index < -0.39 is 0 Å². The van der Waals surface area contributed by atoms with E-state index in [0.29, 0.717) is 19.5 Å². The molecule has 3 heterocycles. The van der Waals surface area contributed by atoms with Crippen LogP contribution in [0.2, 0.25) is 0 Å². The van der Waals surface area contributed by atoms with Gasteiger partial charge in [-0.15, -0.1) is 0 Å². The van der Waals surface area contributed by atoms with E-state index in [2.05, 4.69) is 27.2 Å². The normalized spacial score (nSPS) is 17.4. The molecule has 3 aromatic rings. The zero-order valence-corrected chi connectivity index (χ0v) is 14.0. The number of amides is 1. The van der Waals surface area contributed by atoms with Crippen molar-refractivity contribution in [2.24, 2.45) is 5.73 Å². The summed E-state index contributed by atoms with van der Waals surface area (Å²) >= 11 is 0. The predicted octanol–water partition coefficient (Wildman–Crippen LogP) is 2.39. The van der Waals surface area contributed by atoms with Crippen molar-refractivity contribution in [3.8, 4) is 11.5 Å². The number of hydrogen-bond donors (Lipinski definition) is 2. The summed E-state index contributed by atoms with van der Waals surface area (Å²) in [5, 5.41) is 7.16. The molecule has 0 fully saturated rings. The Labute approximate surface area is 145 Å². The third-order valence-corrected chi connectivity index (χ3v) is 4.75. The van der Waals surface area contributed by atoms with Crippen molar-refractivity contribution in [3.05, 3.63) is 65.0 Å². The van der Waals surface area contributed by atoms with Gasteiger partial charge in [-0.25, -0.2) is 0 Å². The zero-order valence-electron chi connectivity index (χ0n) is 14.0. The number of hydrogen-bond acceptors (Lipinski definition) is 4. The van der Waals surface area contributed by atoms with Crippen molar-refractivity contribution in [3.63, 3.8) is 0 Å². The van der Waals surface area contributed by atoms with E-state index in [1.807, 2.05) is 31.2 Å². The van der Waals surface area contributed by atoms with Crippen LogP contribution in [-0.4, -0.2) is 27.0 Å². The molecule has 128 valence electrons. The Morgan fingerprint density at radius 2 is 2.12 bits per heavy atom. The average molecular weight is 336 g/mol. The number of aromatic nitrogens is 2. The highest BCUT2D eigenvalue weighted by atomic mass is 16.3. The van der Waals surface area contributed by atoms with Gasteiger partial charge in [-0.1, -0.05) is 24.3 Å². The molecule has 0 aliphatic carbocycles. The number of aryl methyl sites for hydroxylation is 1. The van der Waals surface area contributed by atoms with Crippen molar-refractivity contribution >= 4 is 5.91 Å². The number of nitrogens with two attached hydrogens (primary N) is 1. The topological polar surface area (TPSA) is 88.1 Å². The van der Waals surface area contributed by atoms with Gasteiger partial charge in [0.25, 0.3) is 0 Å². The van der Waals surface area contributed by atoms with Crippen molar-refractivity contribution in [2.45, 2.75) is 32.5 Å². The monoisotopic (exact) mass is 336 g/mol. The van der Waals surface area contributed by atoms with E-state index in [1.54, 1.807) is 6.20 Å². The van der Waals surface area contributed by atoms with Crippen molar-refractivity contribution in [1.82, 2.24) is 15.1 Å². The molecule has 1 amide bonds. The van der Waals surface area contributed by atoms with E-state index in [1.165, 1.54) is 11.1 Å². The quantitative estimate of drug-likeness (QED) is 0.766. The average Bonchev–Trinajstić information content (AvgIpc) is 3.22. The number of benzene rings is 1. The number of carbonyl (C=O) groups is 1. The summed E-state index contributed by atoms with van der Waals surface area (Å²) in [7, 11) is 0. The molecule has 6 nitrogen and oxygen atoms in total. The van der Waals surface area contributed by atoms with Gasteiger partial charge in [-0.3, -0.25) is 14.8 Å². The second-order valence-corrected chi connectivity index (χ2v) is 6.48. The molecular weight excluding hydrogens is 316 g/mol. The number of aromatic amines is 1. The van der Waals surface area contributed by atoms with E-state index in [4.69, 9.17) is 10.2 Å². The molecule has 0 spiro atoms. The van der Waals surface area contributed by atoms with Crippen LogP contribution < -0.4 is 5.73 Å². The number of nitrogens with one attached hydrogen (secondary N) is 1. The van der Waals surface area contributed by atoms with Crippen LogP contribution in [0, 0.1) is 6.92 Å². The second-order valence-electron chi connectivity index (χ2n) is 6.48. The first-order chi connectivity index (χ1) is 12.1. The molecule has 25 heavy (non-hydrogen) atoms. The van der Waals surface area contributed by atoms with Gasteiger partial charge in [0, 0.05) is 18.7 Å². The lowest BCUT2D eigenvalue weighted by Gasteiger charge is -2.34. The minimum absolute atomic E-state index is 0.298. The Balaban J connectivity index is 1.64. The SMILES string of the molecule is Cc1ccc(-c2[nH]ncc2CN2Cc3ccccc3CC2C(N)=O)o1. The van der Waals surface area contributed by atoms with Gasteiger partial charge in [0.15, 0.2) is 5.76 Å². The molecule has 0 saturated heterocycles. The summed E-state index contributed by atoms with van der Waals surface area (Å²) in [5.41, 5.74) is 9.93. The third kappa shape index (κ3) is 2.96. The van der Waals surface area contributed by atoms with E-state index >= 15 is 0 Å². The fraction of sp³-hybridized carbons (Fsp3) is 0.263. The molecule has 6 heteroatoms. The van der Waals surface area contributed by atoms with Gasteiger partial charge < -0.3 is 10.2 Å². The Kier molecular flexibility index (Phi) is 3.89. The number of carbonyl (C=O) groups excluding carboxylic acids is 1. The van der Waals surface area contributed by atoms with Crippen LogP contribution >= 0.6 is 0 Å². The molecule has 1 aromatic carbocycles. The molecule has 1 atom stereocenters. The first-order valence-electron chi connectivity index (χ1n) is 8.31. The molecule has 3 N–H and O–H groups in total. The van der Waals surface area contributed by atoms with Crippen molar-refractivity contribution in [1.29, 1.82) is 0 Å². The van der Waals surface area contributed by atoms with Crippen LogP contribution in [0.3, 0.4) is 0 Å². The Morgan fingerprint density at radius 3 is 2.84 bits per heavy atom. The Bertz CT molecular complexity index is 912. The summed E-state index contributed by atoms with van der Waals surface area (Å²) in [6, 6.07) is 11.7. The second kappa shape index (κ2) is 6.22. The van der Waals surface area contributed by atoms with Gasteiger partial charge in [0.05, 0.1) is 12.2 Å². The van der Waals surface area contributed by atoms with Crippen LogP contribution in [0.25, 0.3) is 11.5 Å². The van der Waals surface area contributed by atoms with Crippen molar-refractivity contribution < 1.29 is 9.21 Å². The van der Waals surface area contributed by atoms with Gasteiger partial charge in [-0.2, -0.15) is 5.10 Å². The molecule has 1 unspecified atom stereocenters. The molecule has 0 saturated carbocycles. The van der Waals surface area contributed by atoms with E-state index in [0.717, 1.165) is 22.8 Å². The molecule has 2 aromatic heterocycles. The van der Waals surface area contributed by atoms with Gasteiger partial charge >= 0.3 is 0 Å². The Hall–Kier alpha value is -2.86. The summed E-state index contributed by atoms with van der Waals surface area (Å²) in [4.78, 5) is 14.1. The van der Waals surface area contributed by atoms with Gasteiger partial charge in [0.1, 0.15) is 11.5 Å². The number of furan rings is 1. The summed E-state index contributed by atoms with van der Waals surface area (Å²) in [6.45, 7) is 3.17. The summed E-state index contributed by atoms with van der Waals surface area (Å²) in [5.74, 6) is 1.30. The van der Waals surface area contributed by atoms with Crippen LogP contribution in [0.15, 0.2) is 47.0 Å². The largest absolute Gasteiger partial charge is 0.460 e. The van der Waals surface area contributed by atoms with Gasteiger partial charge in [-0.05, 0) is 36.6 Å². The number of H-pyrrole nitrogens is 1.